The molecule has 0 fully saturated rings. The highest BCUT2D eigenvalue weighted by Gasteiger charge is 1.97. The third-order valence-corrected chi connectivity index (χ3v) is 2.88. The minimum absolute atomic E-state index is 0.106. The fourth-order valence-corrected chi connectivity index (χ4v) is 1.69. The summed E-state index contributed by atoms with van der Waals surface area (Å²) in [6.07, 6.45) is 10.5. The SMILES string of the molecule is C=C[C@H](O)C#CC#C[C@H](N)CCCCCCCCC. The number of unbranched alkanes of at least 4 members (excludes halogenated alkanes) is 6. The Kier molecular flexibility index (Phi) is 12.4. The van der Waals surface area contributed by atoms with Gasteiger partial charge in [-0.15, -0.1) is 0 Å². The van der Waals surface area contributed by atoms with Crippen molar-refractivity contribution in [3.63, 3.8) is 0 Å². The maximum atomic E-state index is 9.09. The van der Waals surface area contributed by atoms with Crippen molar-refractivity contribution in [3.05, 3.63) is 12.7 Å². The van der Waals surface area contributed by atoms with Gasteiger partial charge in [0.1, 0.15) is 6.10 Å². The Morgan fingerprint density at radius 1 is 1.05 bits per heavy atom. The molecule has 19 heavy (non-hydrogen) atoms. The van der Waals surface area contributed by atoms with Gasteiger partial charge in [0.15, 0.2) is 0 Å². The monoisotopic (exact) mass is 261 g/mol. The zero-order chi connectivity index (χ0) is 14.3. The molecule has 0 bridgehead atoms. The second-order valence-corrected chi connectivity index (χ2v) is 4.74. The Hall–Kier alpha value is -1.22. The molecular weight excluding hydrogens is 234 g/mol. The largest absolute Gasteiger partial charge is 0.377 e. The molecule has 0 spiro atoms. The highest BCUT2D eigenvalue weighted by molar-refractivity contribution is 5.30. The van der Waals surface area contributed by atoms with Crippen molar-refractivity contribution in [2.45, 2.75) is 70.4 Å². The van der Waals surface area contributed by atoms with Crippen LogP contribution in [0.1, 0.15) is 58.3 Å². The summed E-state index contributed by atoms with van der Waals surface area (Å²) >= 11 is 0. The predicted octanol–water partition coefficient (Wildman–Crippen LogP) is 3.01. The third-order valence-electron chi connectivity index (χ3n) is 2.88. The van der Waals surface area contributed by atoms with Gasteiger partial charge in [-0.2, -0.15) is 0 Å². The van der Waals surface area contributed by atoms with E-state index in [1.54, 1.807) is 0 Å². The summed E-state index contributed by atoms with van der Waals surface area (Å²) in [5.74, 6) is 10.7. The van der Waals surface area contributed by atoms with Gasteiger partial charge in [-0.1, -0.05) is 76.4 Å². The quantitative estimate of drug-likeness (QED) is 0.381. The van der Waals surface area contributed by atoms with Crippen LogP contribution in [0, 0.1) is 23.7 Å². The van der Waals surface area contributed by atoms with Gasteiger partial charge in [-0.3, -0.25) is 0 Å². The van der Waals surface area contributed by atoms with E-state index in [2.05, 4.69) is 37.2 Å². The molecule has 0 aromatic carbocycles. The average Bonchev–Trinajstić information content (AvgIpc) is 2.42. The van der Waals surface area contributed by atoms with E-state index >= 15 is 0 Å². The number of aliphatic hydroxyl groups excluding tert-OH is 1. The Morgan fingerprint density at radius 3 is 2.26 bits per heavy atom. The van der Waals surface area contributed by atoms with Crippen LogP contribution in [0.15, 0.2) is 12.7 Å². The van der Waals surface area contributed by atoms with Gasteiger partial charge in [0.25, 0.3) is 0 Å². The maximum Gasteiger partial charge on any atom is 0.134 e. The van der Waals surface area contributed by atoms with Crippen LogP contribution in [0.4, 0.5) is 0 Å². The molecule has 0 radical (unpaired) electrons. The second kappa shape index (κ2) is 13.2. The van der Waals surface area contributed by atoms with Gasteiger partial charge in [-0.25, -0.2) is 0 Å². The predicted molar refractivity (Wildman–Crippen MR) is 82.3 cm³/mol. The molecule has 0 aliphatic carbocycles. The van der Waals surface area contributed by atoms with Crippen LogP contribution in [0.3, 0.4) is 0 Å². The first-order valence-corrected chi connectivity index (χ1v) is 7.28. The minimum Gasteiger partial charge on any atom is -0.377 e. The lowest BCUT2D eigenvalue weighted by molar-refractivity contribution is 0.281. The molecular formula is C17H27NO. The Labute approximate surface area is 118 Å². The summed E-state index contributed by atoms with van der Waals surface area (Å²) in [4.78, 5) is 0. The van der Waals surface area contributed by atoms with Crippen LogP contribution in [0.25, 0.3) is 0 Å². The van der Waals surface area contributed by atoms with Crippen LogP contribution in [-0.4, -0.2) is 17.3 Å². The van der Waals surface area contributed by atoms with E-state index in [9.17, 15) is 0 Å². The molecule has 2 atom stereocenters. The lowest BCUT2D eigenvalue weighted by Crippen LogP contribution is -2.16. The van der Waals surface area contributed by atoms with E-state index < -0.39 is 6.10 Å². The summed E-state index contributed by atoms with van der Waals surface area (Å²) < 4.78 is 0. The van der Waals surface area contributed by atoms with Gasteiger partial charge < -0.3 is 10.8 Å². The smallest absolute Gasteiger partial charge is 0.134 e. The molecule has 3 N–H and O–H groups in total. The molecule has 0 rings (SSSR count). The highest BCUT2D eigenvalue weighted by Crippen LogP contribution is 2.08. The molecule has 2 nitrogen and oxygen atoms in total. The first kappa shape index (κ1) is 17.8. The van der Waals surface area contributed by atoms with Gasteiger partial charge in [0.2, 0.25) is 0 Å². The van der Waals surface area contributed by atoms with E-state index in [4.69, 9.17) is 10.8 Å². The van der Waals surface area contributed by atoms with Crippen molar-refractivity contribution in [2.75, 3.05) is 0 Å². The lowest BCUT2D eigenvalue weighted by atomic mass is 10.1. The van der Waals surface area contributed by atoms with Gasteiger partial charge in [0.05, 0.1) is 6.04 Å². The Bertz CT molecular complexity index is 340. The third kappa shape index (κ3) is 13.0. The van der Waals surface area contributed by atoms with Crippen LogP contribution < -0.4 is 5.73 Å². The molecule has 106 valence electrons. The Morgan fingerprint density at radius 2 is 1.63 bits per heavy atom. The molecule has 0 aromatic heterocycles. The first-order chi connectivity index (χ1) is 9.20. The Balaban J connectivity index is 3.58. The fraction of sp³-hybridized carbons (Fsp3) is 0.647. The van der Waals surface area contributed by atoms with Crippen molar-refractivity contribution < 1.29 is 5.11 Å². The van der Waals surface area contributed by atoms with Gasteiger partial charge in [0, 0.05) is 0 Å². The molecule has 0 amide bonds. The second-order valence-electron chi connectivity index (χ2n) is 4.74. The number of aliphatic hydroxyl groups is 1. The number of rotatable bonds is 9. The summed E-state index contributed by atoms with van der Waals surface area (Å²) in [6, 6.07) is -0.106. The van der Waals surface area contributed by atoms with E-state index in [1.807, 2.05) is 0 Å². The summed E-state index contributed by atoms with van der Waals surface area (Å²) in [7, 11) is 0. The van der Waals surface area contributed by atoms with Crippen LogP contribution in [0.2, 0.25) is 0 Å². The van der Waals surface area contributed by atoms with Crippen molar-refractivity contribution in [3.8, 4) is 23.7 Å². The summed E-state index contributed by atoms with van der Waals surface area (Å²) in [5.41, 5.74) is 5.86. The minimum atomic E-state index is -0.798. The van der Waals surface area contributed by atoms with E-state index in [0.717, 1.165) is 12.8 Å². The van der Waals surface area contributed by atoms with Gasteiger partial charge >= 0.3 is 0 Å². The van der Waals surface area contributed by atoms with Crippen molar-refractivity contribution >= 4 is 0 Å². The van der Waals surface area contributed by atoms with Crippen molar-refractivity contribution in [1.29, 1.82) is 0 Å². The van der Waals surface area contributed by atoms with Crippen LogP contribution in [0.5, 0.6) is 0 Å². The molecule has 2 heteroatoms. The zero-order valence-corrected chi connectivity index (χ0v) is 12.1. The normalized spacial score (nSPS) is 12.6. The standard InChI is InChI=1S/C17H27NO/c1-3-5-6-7-8-9-10-13-16(18)14-11-12-15-17(19)4-2/h4,16-17,19H,2-3,5-10,13,18H2,1H3/t16-,17+/m1/s1. The molecule has 0 aliphatic rings. The van der Waals surface area contributed by atoms with Crippen molar-refractivity contribution in [2.24, 2.45) is 5.73 Å². The molecule has 0 saturated heterocycles. The average molecular weight is 261 g/mol. The first-order valence-electron chi connectivity index (χ1n) is 7.28. The molecule has 0 aliphatic heterocycles. The zero-order valence-electron chi connectivity index (χ0n) is 12.1. The summed E-state index contributed by atoms with van der Waals surface area (Å²) in [5, 5.41) is 9.09. The van der Waals surface area contributed by atoms with Crippen molar-refractivity contribution in [1.82, 2.24) is 0 Å². The fourth-order valence-electron chi connectivity index (χ4n) is 1.69. The summed E-state index contributed by atoms with van der Waals surface area (Å²) in [6.45, 7) is 5.66. The lowest BCUT2D eigenvalue weighted by Gasteiger charge is -2.03. The topological polar surface area (TPSA) is 46.2 Å². The number of hydrogen-bond acceptors (Lipinski definition) is 2. The molecule has 0 unspecified atom stereocenters. The highest BCUT2D eigenvalue weighted by atomic mass is 16.3. The molecule has 0 saturated carbocycles. The number of hydrogen-bond donors (Lipinski definition) is 2. The molecule has 0 aromatic rings. The maximum absolute atomic E-state index is 9.09. The van der Waals surface area contributed by atoms with Crippen LogP contribution >= 0.6 is 0 Å². The number of nitrogens with two attached hydrogens (primary N) is 1. The van der Waals surface area contributed by atoms with Crippen LogP contribution in [-0.2, 0) is 0 Å². The van der Waals surface area contributed by atoms with Gasteiger partial charge in [-0.05, 0) is 18.3 Å². The van der Waals surface area contributed by atoms with E-state index in [0.29, 0.717) is 0 Å². The molecule has 0 heterocycles. The van der Waals surface area contributed by atoms with E-state index in [-0.39, 0.29) is 6.04 Å². The van der Waals surface area contributed by atoms with E-state index in [1.165, 1.54) is 44.6 Å².